The standard InChI is InChI=1S/C11H11N3O5/c1-6-4-13(12-10(6)14(17)18)5-8-3-9(11(15)16)19-7(8)2/h3-4H,5H2,1-2H3,(H,15,16). The Balaban J connectivity index is 2.28. The Kier molecular flexibility index (Phi) is 3.07. The predicted molar refractivity (Wildman–Crippen MR) is 63.1 cm³/mol. The van der Waals surface area contributed by atoms with Crippen LogP contribution in [0.3, 0.4) is 0 Å². The van der Waals surface area contributed by atoms with E-state index in [2.05, 4.69) is 5.10 Å². The summed E-state index contributed by atoms with van der Waals surface area (Å²) in [6, 6.07) is 1.39. The molecule has 0 atom stereocenters. The highest BCUT2D eigenvalue weighted by molar-refractivity contribution is 5.84. The van der Waals surface area contributed by atoms with Crippen molar-refractivity contribution in [1.29, 1.82) is 0 Å². The lowest BCUT2D eigenvalue weighted by molar-refractivity contribution is -0.390. The van der Waals surface area contributed by atoms with Crippen molar-refractivity contribution in [2.24, 2.45) is 0 Å². The first-order chi connectivity index (χ1) is 8.88. The molecular formula is C11H11N3O5. The van der Waals surface area contributed by atoms with E-state index in [9.17, 15) is 14.9 Å². The maximum atomic E-state index is 10.8. The van der Waals surface area contributed by atoms with Gasteiger partial charge in [-0.3, -0.25) is 0 Å². The molecule has 1 N–H and O–H groups in total. The van der Waals surface area contributed by atoms with Gasteiger partial charge in [-0.05, 0) is 24.8 Å². The molecule has 0 saturated heterocycles. The minimum Gasteiger partial charge on any atom is -0.475 e. The molecule has 8 heteroatoms. The molecule has 0 bridgehead atoms. The molecule has 2 aromatic heterocycles. The van der Waals surface area contributed by atoms with Gasteiger partial charge >= 0.3 is 11.8 Å². The molecule has 0 aliphatic rings. The quantitative estimate of drug-likeness (QED) is 0.665. The summed E-state index contributed by atoms with van der Waals surface area (Å²) >= 11 is 0. The molecule has 0 fully saturated rings. The van der Waals surface area contributed by atoms with Crippen molar-refractivity contribution >= 4 is 11.8 Å². The van der Waals surface area contributed by atoms with Gasteiger partial charge in [0.2, 0.25) is 5.76 Å². The molecule has 0 saturated carbocycles. The predicted octanol–water partition coefficient (Wildman–Crippen LogP) is 1.75. The molecule has 100 valence electrons. The second-order valence-electron chi connectivity index (χ2n) is 4.09. The lowest BCUT2D eigenvalue weighted by Gasteiger charge is -1.94. The van der Waals surface area contributed by atoms with Gasteiger partial charge in [0.05, 0.1) is 23.4 Å². The zero-order valence-corrected chi connectivity index (χ0v) is 10.3. The highest BCUT2D eigenvalue weighted by atomic mass is 16.6. The van der Waals surface area contributed by atoms with Gasteiger partial charge in [0.1, 0.15) is 5.76 Å². The van der Waals surface area contributed by atoms with Crippen LogP contribution in [0, 0.1) is 24.0 Å². The Morgan fingerprint density at radius 2 is 2.26 bits per heavy atom. The molecule has 19 heavy (non-hydrogen) atoms. The number of carboxylic acids is 1. The first kappa shape index (κ1) is 12.8. The highest BCUT2D eigenvalue weighted by Crippen LogP contribution is 2.19. The van der Waals surface area contributed by atoms with Crippen LogP contribution in [0.15, 0.2) is 16.7 Å². The van der Waals surface area contributed by atoms with Crippen LogP contribution in [0.25, 0.3) is 0 Å². The molecule has 0 radical (unpaired) electrons. The summed E-state index contributed by atoms with van der Waals surface area (Å²) in [5.41, 5.74) is 1.07. The van der Waals surface area contributed by atoms with E-state index in [1.54, 1.807) is 13.8 Å². The van der Waals surface area contributed by atoms with Gasteiger partial charge in [-0.1, -0.05) is 0 Å². The third kappa shape index (κ3) is 2.46. The van der Waals surface area contributed by atoms with Crippen LogP contribution in [-0.4, -0.2) is 25.8 Å². The van der Waals surface area contributed by atoms with Crippen LogP contribution in [-0.2, 0) is 6.54 Å². The summed E-state index contributed by atoms with van der Waals surface area (Å²) in [6.07, 6.45) is 1.53. The summed E-state index contributed by atoms with van der Waals surface area (Å²) < 4.78 is 6.44. The van der Waals surface area contributed by atoms with E-state index in [4.69, 9.17) is 9.52 Å². The number of aromatic carboxylic acids is 1. The van der Waals surface area contributed by atoms with E-state index in [0.717, 1.165) is 0 Å². The van der Waals surface area contributed by atoms with Gasteiger partial charge in [-0.25, -0.2) is 4.79 Å². The van der Waals surface area contributed by atoms with Crippen molar-refractivity contribution in [2.45, 2.75) is 20.4 Å². The van der Waals surface area contributed by atoms with E-state index in [0.29, 0.717) is 16.9 Å². The maximum Gasteiger partial charge on any atom is 0.392 e. The van der Waals surface area contributed by atoms with Crippen LogP contribution >= 0.6 is 0 Å². The van der Waals surface area contributed by atoms with E-state index < -0.39 is 10.9 Å². The van der Waals surface area contributed by atoms with E-state index in [1.807, 2.05) is 0 Å². The minimum atomic E-state index is -1.16. The van der Waals surface area contributed by atoms with E-state index in [1.165, 1.54) is 16.9 Å². The summed E-state index contributed by atoms with van der Waals surface area (Å²) in [4.78, 5) is 20.9. The van der Waals surface area contributed by atoms with Crippen LogP contribution in [0.1, 0.15) is 27.4 Å². The number of furan rings is 1. The first-order valence-electron chi connectivity index (χ1n) is 5.39. The van der Waals surface area contributed by atoms with Gasteiger partial charge in [0.25, 0.3) is 0 Å². The summed E-state index contributed by atoms with van der Waals surface area (Å²) in [5.74, 6) is -1.07. The van der Waals surface area contributed by atoms with Crippen molar-refractivity contribution in [3.63, 3.8) is 0 Å². The van der Waals surface area contributed by atoms with Crippen molar-refractivity contribution in [2.75, 3.05) is 0 Å². The summed E-state index contributed by atoms with van der Waals surface area (Å²) in [5, 5.41) is 23.3. The minimum absolute atomic E-state index is 0.161. The van der Waals surface area contributed by atoms with Crippen molar-refractivity contribution < 1.29 is 19.2 Å². The molecule has 2 heterocycles. The lowest BCUT2D eigenvalue weighted by Crippen LogP contribution is -2.01. The zero-order valence-electron chi connectivity index (χ0n) is 10.3. The third-order valence-corrected chi connectivity index (χ3v) is 2.66. The number of hydrogen-bond acceptors (Lipinski definition) is 5. The number of rotatable bonds is 4. The van der Waals surface area contributed by atoms with Gasteiger partial charge < -0.3 is 19.6 Å². The molecule has 0 spiro atoms. The molecule has 0 aliphatic carbocycles. The number of nitro groups is 1. The fourth-order valence-corrected chi connectivity index (χ4v) is 1.73. The molecule has 0 unspecified atom stereocenters. The second-order valence-corrected chi connectivity index (χ2v) is 4.09. The summed E-state index contributed by atoms with van der Waals surface area (Å²) in [7, 11) is 0. The largest absolute Gasteiger partial charge is 0.475 e. The van der Waals surface area contributed by atoms with E-state index in [-0.39, 0.29) is 18.1 Å². The van der Waals surface area contributed by atoms with E-state index >= 15 is 0 Å². The number of aromatic nitrogens is 2. The lowest BCUT2D eigenvalue weighted by atomic mass is 10.2. The molecule has 8 nitrogen and oxygen atoms in total. The van der Waals surface area contributed by atoms with Crippen LogP contribution in [0.4, 0.5) is 5.82 Å². The van der Waals surface area contributed by atoms with Crippen molar-refractivity contribution in [1.82, 2.24) is 9.78 Å². The van der Waals surface area contributed by atoms with Gasteiger partial charge in [-0.2, -0.15) is 4.68 Å². The average molecular weight is 265 g/mol. The average Bonchev–Trinajstić information content (AvgIpc) is 2.84. The normalized spacial score (nSPS) is 10.6. The number of carboxylic acid groups (broad SMARTS) is 1. The number of hydrogen-bond donors (Lipinski definition) is 1. The Morgan fingerprint density at radius 1 is 1.58 bits per heavy atom. The van der Waals surface area contributed by atoms with Crippen molar-refractivity contribution in [3.8, 4) is 0 Å². The number of nitrogens with zero attached hydrogens (tertiary/aromatic N) is 3. The fourth-order valence-electron chi connectivity index (χ4n) is 1.73. The topological polar surface area (TPSA) is 111 Å². The molecule has 0 aromatic carbocycles. The monoisotopic (exact) mass is 265 g/mol. The highest BCUT2D eigenvalue weighted by Gasteiger charge is 2.19. The Bertz CT molecular complexity index is 655. The Hall–Kier alpha value is -2.64. The molecular weight excluding hydrogens is 254 g/mol. The van der Waals surface area contributed by atoms with Crippen LogP contribution in [0.5, 0.6) is 0 Å². The molecule has 0 amide bonds. The van der Waals surface area contributed by atoms with Gasteiger partial charge in [-0.15, -0.1) is 0 Å². The summed E-state index contributed by atoms with van der Waals surface area (Å²) in [6.45, 7) is 3.44. The second kappa shape index (κ2) is 4.56. The Morgan fingerprint density at radius 3 is 2.74 bits per heavy atom. The fraction of sp³-hybridized carbons (Fsp3) is 0.273. The van der Waals surface area contributed by atoms with Gasteiger partial charge in [0.15, 0.2) is 0 Å². The third-order valence-electron chi connectivity index (χ3n) is 2.66. The SMILES string of the molecule is Cc1cn(Cc2cc(C(=O)O)oc2C)nc1[N+](=O)[O-]. The smallest absolute Gasteiger partial charge is 0.392 e. The number of carbonyl (C=O) groups is 1. The van der Waals surface area contributed by atoms with Crippen molar-refractivity contribution in [3.05, 3.63) is 45.0 Å². The van der Waals surface area contributed by atoms with Crippen LogP contribution < -0.4 is 0 Å². The number of aryl methyl sites for hydroxylation is 2. The first-order valence-corrected chi connectivity index (χ1v) is 5.39. The molecule has 2 rings (SSSR count). The van der Waals surface area contributed by atoms with Crippen LogP contribution in [0.2, 0.25) is 0 Å². The van der Waals surface area contributed by atoms with Gasteiger partial charge in [0, 0.05) is 5.56 Å². The zero-order chi connectivity index (χ0) is 14.2. The molecule has 2 aromatic rings. The molecule has 0 aliphatic heterocycles. The Labute approximate surface area is 107 Å². The maximum absolute atomic E-state index is 10.8.